The van der Waals surface area contributed by atoms with Gasteiger partial charge in [0, 0.05) is 38.1 Å². The second-order valence-corrected chi connectivity index (χ2v) is 5.54. The van der Waals surface area contributed by atoms with Gasteiger partial charge in [0.25, 0.3) is 0 Å². The lowest BCUT2D eigenvalue weighted by molar-refractivity contribution is 0.509. The Morgan fingerprint density at radius 2 is 1.75 bits per heavy atom. The highest BCUT2D eigenvalue weighted by Gasteiger charge is 2.14. The van der Waals surface area contributed by atoms with Gasteiger partial charge in [-0.05, 0) is 43.7 Å². The predicted octanol–water partition coefficient (Wildman–Crippen LogP) is 4.79. The van der Waals surface area contributed by atoms with Crippen LogP contribution < -0.4 is 4.90 Å². The van der Waals surface area contributed by atoms with E-state index in [1.54, 1.807) is 18.3 Å². The zero-order chi connectivity index (χ0) is 17.9. The molecular formula is C18H20F3N3. The maximum Gasteiger partial charge on any atom is 0.160 e. The summed E-state index contributed by atoms with van der Waals surface area (Å²) in [4.78, 5) is 7.77. The van der Waals surface area contributed by atoms with E-state index in [0.717, 1.165) is 24.2 Å². The van der Waals surface area contributed by atoms with Gasteiger partial charge in [0.05, 0.1) is 12.0 Å². The lowest BCUT2D eigenvalue weighted by atomic mass is 10.1. The van der Waals surface area contributed by atoms with E-state index in [9.17, 15) is 13.2 Å². The van der Waals surface area contributed by atoms with Crippen molar-refractivity contribution in [1.82, 2.24) is 4.90 Å². The minimum absolute atomic E-state index is 0.420. The van der Waals surface area contributed by atoms with E-state index in [4.69, 9.17) is 0 Å². The van der Waals surface area contributed by atoms with E-state index in [2.05, 4.69) is 4.99 Å². The fraction of sp³-hybridized carbons (Fsp3) is 0.278. The van der Waals surface area contributed by atoms with Crippen molar-refractivity contribution in [2.45, 2.75) is 13.8 Å². The number of halogens is 3. The third-order valence-corrected chi connectivity index (χ3v) is 3.86. The molecule has 0 bridgehead atoms. The van der Waals surface area contributed by atoms with Crippen molar-refractivity contribution in [2.24, 2.45) is 4.99 Å². The van der Waals surface area contributed by atoms with Crippen molar-refractivity contribution < 1.29 is 13.2 Å². The number of rotatable bonds is 5. The van der Waals surface area contributed by atoms with Crippen molar-refractivity contribution >= 4 is 23.4 Å². The van der Waals surface area contributed by atoms with Gasteiger partial charge in [0.2, 0.25) is 0 Å². The van der Waals surface area contributed by atoms with Crippen LogP contribution in [0.15, 0.2) is 35.3 Å². The molecular weight excluding hydrogens is 315 g/mol. The summed E-state index contributed by atoms with van der Waals surface area (Å²) < 4.78 is 40.5. The van der Waals surface area contributed by atoms with Crippen LogP contribution in [0.4, 0.5) is 30.2 Å². The summed E-state index contributed by atoms with van der Waals surface area (Å²) in [5, 5.41) is 0. The molecule has 0 fully saturated rings. The van der Waals surface area contributed by atoms with Crippen molar-refractivity contribution in [3.05, 3.63) is 53.3 Å². The van der Waals surface area contributed by atoms with Gasteiger partial charge in [0.15, 0.2) is 11.6 Å². The van der Waals surface area contributed by atoms with Gasteiger partial charge in [-0.1, -0.05) is 0 Å². The molecule has 0 aliphatic rings. The molecule has 2 aromatic carbocycles. The molecule has 3 nitrogen and oxygen atoms in total. The van der Waals surface area contributed by atoms with E-state index < -0.39 is 17.5 Å². The molecule has 24 heavy (non-hydrogen) atoms. The van der Waals surface area contributed by atoms with Crippen LogP contribution in [0.5, 0.6) is 0 Å². The number of hydrogen-bond acceptors (Lipinski definition) is 2. The van der Waals surface area contributed by atoms with Gasteiger partial charge in [-0.3, -0.25) is 0 Å². The van der Waals surface area contributed by atoms with Crippen LogP contribution in [0.1, 0.15) is 12.5 Å². The Morgan fingerprint density at radius 3 is 2.38 bits per heavy atom. The number of anilines is 2. The van der Waals surface area contributed by atoms with Gasteiger partial charge >= 0.3 is 0 Å². The van der Waals surface area contributed by atoms with Gasteiger partial charge < -0.3 is 9.80 Å². The summed E-state index contributed by atoms with van der Waals surface area (Å²) in [6.07, 6.45) is 1.63. The second kappa shape index (κ2) is 7.38. The fourth-order valence-electron chi connectivity index (χ4n) is 2.21. The molecule has 0 unspecified atom stereocenters. The van der Waals surface area contributed by atoms with Crippen molar-refractivity contribution in [3.8, 4) is 0 Å². The Morgan fingerprint density at radius 1 is 1.04 bits per heavy atom. The molecule has 0 aromatic heterocycles. The first-order valence-electron chi connectivity index (χ1n) is 7.56. The van der Waals surface area contributed by atoms with Crippen molar-refractivity contribution in [3.63, 3.8) is 0 Å². The van der Waals surface area contributed by atoms with E-state index >= 15 is 0 Å². The van der Waals surface area contributed by atoms with Crippen molar-refractivity contribution in [1.29, 1.82) is 0 Å². The Kier molecular flexibility index (Phi) is 5.49. The van der Waals surface area contributed by atoms with E-state index in [1.807, 2.05) is 25.8 Å². The molecule has 0 N–H and O–H groups in total. The van der Waals surface area contributed by atoms with Crippen LogP contribution in [-0.2, 0) is 0 Å². The first-order valence-corrected chi connectivity index (χ1v) is 7.56. The minimum atomic E-state index is -0.948. The Hall–Kier alpha value is -2.50. The predicted molar refractivity (Wildman–Crippen MR) is 92.0 cm³/mol. The number of aliphatic imine (C=N–C) groups is 1. The summed E-state index contributed by atoms with van der Waals surface area (Å²) in [6.45, 7) is 4.57. The molecule has 6 heteroatoms. The molecule has 0 spiro atoms. The van der Waals surface area contributed by atoms with Crippen LogP contribution in [0.3, 0.4) is 0 Å². The monoisotopic (exact) mass is 335 g/mol. The molecule has 0 radical (unpaired) electrons. The summed E-state index contributed by atoms with van der Waals surface area (Å²) in [7, 11) is 3.53. The number of hydrogen-bond donors (Lipinski definition) is 0. The summed E-state index contributed by atoms with van der Waals surface area (Å²) in [5.74, 6) is -2.32. The minimum Gasteiger partial charge on any atom is -0.366 e. The molecule has 0 amide bonds. The quantitative estimate of drug-likeness (QED) is 0.578. The molecule has 0 aliphatic carbocycles. The lowest BCUT2D eigenvalue weighted by Crippen LogP contribution is -2.14. The maximum absolute atomic E-state index is 14.0. The molecule has 128 valence electrons. The largest absolute Gasteiger partial charge is 0.366 e. The highest BCUT2D eigenvalue weighted by molar-refractivity contribution is 5.73. The molecule has 0 saturated carbocycles. The fourth-order valence-corrected chi connectivity index (χ4v) is 2.21. The highest BCUT2D eigenvalue weighted by atomic mass is 19.2. The van der Waals surface area contributed by atoms with Gasteiger partial charge in [-0.15, -0.1) is 0 Å². The standard InChI is InChI=1S/C18H20F3N3/c1-5-23(3)11-22-17-8-13(19)9-18(12(17)2)24(4)14-6-7-15(20)16(21)10-14/h6-11H,5H2,1-4H3. The highest BCUT2D eigenvalue weighted by Crippen LogP contribution is 2.34. The second-order valence-electron chi connectivity index (χ2n) is 5.54. The maximum atomic E-state index is 14.0. The Bertz CT molecular complexity index is 759. The third-order valence-electron chi connectivity index (χ3n) is 3.86. The molecule has 0 atom stereocenters. The molecule has 2 aromatic rings. The van der Waals surface area contributed by atoms with Crippen LogP contribution in [0, 0.1) is 24.4 Å². The number of benzene rings is 2. The van der Waals surface area contributed by atoms with E-state index in [0.29, 0.717) is 17.1 Å². The number of nitrogens with zero attached hydrogens (tertiary/aromatic N) is 3. The summed E-state index contributed by atoms with van der Waals surface area (Å²) >= 11 is 0. The van der Waals surface area contributed by atoms with E-state index in [-0.39, 0.29) is 0 Å². The van der Waals surface area contributed by atoms with Gasteiger partial charge in [-0.2, -0.15) is 0 Å². The van der Waals surface area contributed by atoms with Crippen LogP contribution in [-0.4, -0.2) is 31.9 Å². The third kappa shape index (κ3) is 3.88. The van der Waals surface area contributed by atoms with Crippen LogP contribution >= 0.6 is 0 Å². The lowest BCUT2D eigenvalue weighted by Gasteiger charge is -2.23. The van der Waals surface area contributed by atoms with Gasteiger partial charge in [0.1, 0.15) is 5.82 Å². The zero-order valence-corrected chi connectivity index (χ0v) is 14.1. The van der Waals surface area contributed by atoms with E-state index in [1.165, 1.54) is 18.2 Å². The molecule has 0 aliphatic heterocycles. The summed E-state index contributed by atoms with van der Waals surface area (Å²) in [5.41, 5.74) is 2.18. The SMILES string of the molecule is CCN(C)C=Nc1cc(F)cc(N(C)c2ccc(F)c(F)c2)c1C. The molecule has 0 heterocycles. The average molecular weight is 335 g/mol. The summed E-state index contributed by atoms with van der Waals surface area (Å²) in [6, 6.07) is 6.26. The molecule has 0 saturated heterocycles. The first-order chi connectivity index (χ1) is 11.3. The van der Waals surface area contributed by atoms with Gasteiger partial charge in [-0.25, -0.2) is 18.2 Å². The Balaban J connectivity index is 2.44. The molecule has 2 rings (SSSR count). The Labute approximate surface area is 140 Å². The zero-order valence-electron chi connectivity index (χ0n) is 14.1. The smallest absolute Gasteiger partial charge is 0.160 e. The van der Waals surface area contributed by atoms with Crippen molar-refractivity contribution in [2.75, 3.05) is 25.5 Å². The van der Waals surface area contributed by atoms with Crippen LogP contribution in [0.2, 0.25) is 0 Å². The van der Waals surface area contributed by atoms with Crippen LogP contribution in [0.25, 0.3) is 0 Å². The average Bonchev–Trinajstić information content (AvgIpc) is 2.56. The topological polar surface area (TPSA) is 18.8 Å². The normalized spacial score (nSPS) is 11.1. The first kappa shape index (κ1) is 17.8.